The first-order chi connectivity index (χ1) is 5.25. The molecule has 0 saturated carbocycles. The number of rotatable bonds is 3. The Morgan fingerprint density at radius 1 is 1.50 bits per heavy atom. The normalized spacial score (nSPS) is 13.7. The Balaban J connectivity index is 4.11. The fraction of sp³-hybridized carbons (Fsp3) is 0.600. The molecular formula is C5H7Br2NO4. The lowest BCUT2D eigenvalue weighted by molar-refractivity contribution is -0.151. The maximum absolute atomic E-state index is 11.0. The van der Waals surface area contributed by atoms with Crippen molar-refractivity contribution in [3.63, 3.8) is 0 Å². The number of hydrogen-bond donors (Lipinski definition) is 3. The monoisotopic (exact) mass is 303 g/mol. The Labute approximate surface area is 85.4 Å². The van der Waals surface area contributed by atoms with Gasteiger partial charge < -0.3 is 15.5 Å². The molecule has 1 amide bonds. The van der Waals surface area contributed by atoms with E-state index >= 15 is 0 Å². The quantitative estimate of drug-likeness (QED) is 0.506. The van der Waals surface area contributed by atoms with Gasteiger partial charge in [0.05, 0.1) is 0 Å². The highest BCUT2D eigenvalue weighted by molar-refractivity contribution is 9.25. The van der Waals surface area contributed by atoms with Gasteiger partial charge in [-0.15, -0.1) is 0 Å². The minimum atomic E-state index is -1.88. The highest BCUT2D eigenvalue weighted by atomic mass is 79.9. The molecule has 5 nitrogen and oxygen atoms in total. The second kappa shape index (κ2) is 4.20. The molecule has 0 heterocycles. The van der Waals surface area contributed by atoms with Gasteiger partial charge in [-0.2, -0.15) is 0 Å². The standard InChI is InChI=1S/C5H7Br2NO4/c1-5(6,7)4(12)8-2(9)3(10)11/h2,9H,1H3,(H,8,12)(H,10,11). The van der Waals surface area contributed by atoms with E-state index in [4.69, 9.17) is 10.2 Å². The Morgan fingerprint density at radius 3 is 2.17 bits per heavy atom. The maximum Gasteiger partial charge on any atom is 0.353 e. The van der Waals surface area contributed by atoms with Crippen LogP contribution in [-0.4, -0.2) is 31.6 Å². The average molecular weight is 305 g/mol. The van der Waals surface area contributed by atoms with E-state index in [1.807, 2.05) is 5.32 Å². The molecule has 0 aromatic rings. The number of carbonyl (C=O) groups is 2. The van der Waals surface area contributed by atoms with Crippen molar-refractivity contribution in [3.8, 4) is 0 Å². The summed E-state index contributed by atoms with van der Waals surface area (Å²) >= 11 is 5.84. The van der Waals surface area contributed by atoms with Gasteiger partial charge in [-0.05, 0) is 6.92 Å². The molecule has 0 rings (SSSR count). The van der Waals surface area contributed by atoms with E-state index in [2.05, 4.69) is 31.9 Å². The summed E-state index contributed by atoms with van der Waals surface area (Å²) in [5, 5.41) is 18.7. The molecule has 70 valence electrons. The Kier molecular flexibility index (Phi) is 4.15. The number of amides is 1. The molecule has 1 atom stereocenters. The predicted octanol–water partition coefficient (Wildman–Crippen LogP) is 0.0116. The number of aliphatic carboxylic acids is 1. The number of aliphatic hydroxyl groups excluding tert-OH is 1. The van der Waals surface area contributed by atoms with Crippen molar-refractivity contribution in [2.45, 2.75) is 16.4 Å². The van der Waals surface area contributed by atoms with E-state index in [0.717, 1.165) is 0 Å². The minimum absolute atomic E-state index is 0.669. The van der Waals surface area contributed by atoms with E-state index in [-0.39, 0.29) is 0 Å². The average Bonchev–Trinajstić information content (AvgIpc) is 1.85. The van der Waals surface area contributed by atoms with Gasteiger partial charge in [0.15, 0.2) is 3.23 Å². The molecule has 3 N–H and O–H groups in total. The summed E-state index contributed by atoms with van der Waals surface area (Å²) in [6.45, 7) is 1.46. The van der Waals surface area contributed by atoms with Crippen LogP contribution in [0.1, 0.15) is 6.92 Å². The van der Waals surface area contributed by atoms with Gasteiger partial charge in [0.25, 0.3) is 0 Å². The number of halogens is 2. The molecular weight excluding hydrogens is 298 g/mol. The summed E-state index contributed by atoms with van der Waals surface area (Å²) in [4.78, 5) is 21.0. The number of nitrogens with one attached hydrogen (secondary N) is 1. The van der Waals surface area contributed by atoms with Crippen LogP contribution in [0.3, 0.4) is 0 Å². The lowest BCUT2D eigenvalue weighted by atomic mass is 10.4. The largest absolute Gasteiger partial charge is 0.478 e. The minimum Gasteiger partial charge on any atom is -0.478 e. The Hall–Kier alpha value is -0.140. The number of carboxylic acid groups (broad SMARTS) is 1. The molecule has 7 heteroatoms. The van der Waals surface area contributed by atoms with Crippen molar-refractivity contribution in [1.82, 2.24) is 5.32 Å². The molecule has 0 aromatic carbocycles. The summed E-state index contributed by atoms with van der Waals surface area (Å²) in [5.41, 5.74) is 0. The molecule has 0 aromatic heterocycles. The van der Waals surface area contributed by atoms with Gasteiger partial charge >= 0.3 is 5.97 Å². The summed E-state index contributed by atoms with van der Waals surface area (Å²) < 4.78 is -1.07. The van der Waals surface area contributed by atoms with Crippen molar-refractivity contribution in [1.29, 1.82) is 0 Å². The summed E-state index contributed by atoms with van der Waals surface area (Å²) in [6.07, 6.45) is -1.88. The van der Waals surface area contributed by atoms with Gasteiger partial charge in [0, 0.05) is 0 Å². The molecule has 0 aliphatic rings. The first-order valence-electron chi connectivity index (χ1n) is 2.85. The van der Waals surface area contributed by atoms with Crippen LogP contribution in [0.25, 0.3) is 0 Å². The number of hydrogen-bond acceptors (Lipinski definition) is 3. The highest BCUT2D eigenvalue weighted by Crippen LogP contribution is 2.24. The lowest BCUT2D eigenvalue weighted by Gasteiger charge is -2.15. The van der Waals surface area contributed by atoms with Crippen LogP contribution in [-0.2, 0) is 9.59 Å². The van der Waals surface area contributed by atoms with Gasteiger partial charge in [-0.1, -0.05) is 31.9 Å². The fourth-order valence-electron chi connectivity index (χ4n) is 0.313. The van der Waals surface area contributed by atoms with Gasteiger partial charge in [-0.25, -0.2) is 4.79 Å². The number of alkyl halides is 2. The van der Waals surface area contributed by atoms with Gasteiger partial charge in [0.1, 0.15) is 0 Å². The van der Waals surface area contributed by atoms with Crippen LogP contribution >= 0.6 is 31.9 Å². The zero-order valence-corrected chi connectivity index (χ0v) is 9.22. The van der Waals surface area contributed by atoms with Crippen LogP contribution < -0.4 is 5.32 Å². The van der Waals surface area contributed by atoms with Crippen molar-refractivity contribution in [2.75, 3.05) is 0 Å². The van der Waals surface area contributed by atoms with Crippen LogP contribution in [0.5, 0.6) is 0 Å². The first kappa shape index (κ1) is 11.9. The Morgan fingerprint density at radius 2 is 1.92 bits per heavy atom. The van der Waals surface area contributed by atoms with E-state index in [0.29, 0.717) is 0 Å². The van der Waals surface area contributed by atoms with Gasteiger partial charge in [0.2, 0.25) is 12.1 Å². The van der Waals surface area contributed by atoms with E-state index in [1.54, 1.807) is 0 Å². The van der Waals surface area contributed by atoms with Crippen molar-refractivity contribution < 1.29 is 19.8 Å². The fourth-order valence-corrected chi connectivity index (χ4v) is 0.542. The molecule has 0 aliphatic heterocycles. The molecule has 0 bridgehead atoms. The number of aliphatic hydroxyl groups is 1. The van der Waals surface area contributed by atoms with Crippen molar-refractivity contribution >= 4 is 43.7 Å². The summed E-state index contributed by atoms with van der Waals surface area (Å²) in [5.74, 6) is -2.18. The van der Waals surface area contributed by atoms with Gasteiger partial charge in [-0.3, -0.25) is 4.79 Å². The molecule has 0 aliphatic carbocycles. The molecule has 1 unspecified atom stereocenters. The topological polar surface area (TPSA) is 86.6 Å². The zero-order chi connectivity index (χ0) is 9.94. The van der Waals surface area contributed by atoms with Crippen LogP contribution in [0.15, 0.2) is 0 Å². The molecule has 12 heavy (non-hydrogen) atoms. The van der Waals surface area contributed by atoms with E-state index in [9.17, 15) is 9.59 Å². The van der Waals surface area contributed by atoms with Crippen molar-refractivity contribution in [2.24, 2.45) is 0 Å². The number of carboxylic acids is 1. The molecule has 0 saturated heterocycles. The van der Waals surface area contributed by atoms with Crippen molar-refractivity contribution in [3.05, 3.63) is 0 Å². The first-order valence-corrected chi connectivity index (χ1v) is 4.43. The third-order valence-electron chi connectivity index (χ3n) is 0.900. The predicted molar refractivity (Wildman–Crippen MR) is 48.0 cm³/mol. The SMILES string of the molecule is CC(Br)(Br)C(=O)NC(O)C(=O)O. The summed E-state index contributed by atoms with van der Waals surface area (Å²) in [6, 6.07) is 0. The third kappa shape index (κ3) is 4.03. The van der Waals surface area contributed by atoms with Crippen LogP contribution in [0.4, 0.5) is 0 Å². The van der Waals surface area contributed by atoms with Crippen LogP contribution in [0.2, 0.25) is 0 Å². The molecule has 0 spiro atoms. The maximum atomic E-state index is 11.0. The zero-order valence-electron chi connectivity index (χ0n) is 6.04. The summed E-state index contributed by atoms with van der Waals surface area (Å²) in [7, 11) is 0. The lowest BCUT2D eigenvalue weighted by Crippen LogP contribution is -2.46. The van der Waals surface area contributed by atoms with Crippen LogP contribution in [0, 0.1) is 0 Å². The number of carbonyl (C=O) groups excluding carboxylic acids is 1. The second-order valence-corrected chi connectivity index (χ2v) is 6.34. The Bertz CT molecular complexity index is 200. The molecule has 0 radical (unpaired) electrons. The highest BCUT2D eigenvalue weighted by Gasteiger charge is 2.29. The molecule has 0 fully saturated rings. The second-order valence-electron chi connectivity index (χ2n) is 2.10. The smallest absolute Gasteiger partial charge is 0.353 e. The van der Waals surface area contributed by atoms with E-state index < -0.39 is 21.3 Å². The third-order valence-corrected chi connectivity index (χ3v) is 1.62. The van der Waals surface area contributed by atoms with E-state index in [1.165, 1.54) is 6.92 Å².